The van der Waals surface area contributed by atoms with Crippen LogP contribution in [0.3, 0.4) is 0 Å². The summed E-state index contributed by atoms with van der Waals surface area (Å²) in [5.74, 6) is 0. The average molecular weight is 337 g/mol. The smallest absolute Gasteiger partial charge is 0.0762 e. The third kappa shape index (κ3) is 3.62. The fraction of sp³-hybridized carbons (Fsp3) is 0.250. The molecule has 0 aliphatic heterocycles. The molecule has 1 atom stereocenters. The van der Waals surface area contributed by atoms with Gasteiger partial charge in [-0.3, -0.25) is 0 Å². The number of hydrogen-bond donors (Lipinski definition) is 1. The Bertz CT molecular complexity index is 593. The van der Waals surface area contributed by atoms with Gasteiger partial charge in [0.1, 0.15) is 0 Å². The van der Waals surface area contributed by atoms with Gasteiger partial charge in [0.2, 0.25) is 0 Å². The zero-order chi connectivity index (χ0) is 14.0. The number of aliphatic hydroxyl groups excluding tert-OH is 1. The summed E-state index contributed by atoms with van der Waals surface area (Å²) >= 11 is 5.30. The van der Waals surface area contributed by atoms with Crippen molar-refractivity contribution in [3.63, 3.8) is 0 Å². The molecule has 0 amide bonds. The molecule has 0 spiro atoms. The summed E-state index contributed by atoms with van der Waals surface area (Å²) in [7, 11) is 0. The van der Waals surface area contributed by atoms with E-state index in [1.54, 1.807) is 18.7 Å². The Morgan fingerprint density at radius 1 is 1.05 bits per heavy atom. The van der Waals surface area contributed by atoms with Gasteiger partial charge in [-0.05, 0) is 77.7 Å². The summed E-state index contributed by atoms with van der Waals surface area (Å²) in [6, 6.07) is 12.5. The summed E-state index contributed by atoms with van der Waals surface area (Å²) in [6.45, 7) is 6.03. The van der Waals surface area contributed by atoms with Crippen LogP contribution < -0.4 is 0 Å². The highest BCUT2D eigenvalue weighted by molar-refractivity contribution is 9.10. The molecule has 0 aliphatic rings. The monoisotopic (exact) mass is 336 g/mol. The first-order valence-electron chi connectivity index (χ1n) is 6.20. The molecule has 0 heterocycles. The molecule has 0 saturated carbocycles. The van der Waals surface area contributed by atoms with Crippen molar-refractivity contribution in [2.24, 2.45) is 0 Å². The Labute approximate surface area is 127 Å². The van der Waals surface area contributed by atoms with Gasteiger partial charge < -0.3 is 5.11 Å². The predicted octanol–water partition coefficient (Wildman–Crippen LogP) is 5.27. The molecule has 1 nitrogen and oxygen atoms in total. The Balaban J connectivity index is 2.25. The van der Waals surface area contributed by atoms with Crippen molar-refractivity contribution in [1.29, 1.82) is 0 Å². The Kier molecular flexibility index (Phi) is 4.71. The second-order valence-electron chi connectivity index (χ2n) is 4.71. The zero-order valence-electron chi connectivity index (χ0n) is 11.3. The quantitative estimate of drug-likeness (QED) is 0.823. The molecule has 100 valence electrons. The standard InChI is InChI=1S/C16H17BrOS/c1-10-4-6-14(8-11(10)2)19-16-7-5-13(12(3)18)9-15(16)17/h4-9,12,18H,1-3H3/t12-/m1/s1. The van der Waals surface area contributed by atoms with Gasteiger partial charge in [0, 0.05) is 14.3 Å². The molecule has 2 rings (SSSR count). The highest BCUT2D eigenvalue weighted by atomic mass is 79.9. The SMILES string of the molecule is Cc1ccc(Sc2ccc([C@@H](C)O)cc2Br)cc1C. The Hall–Kier alpha value is -0.770. The highest BCUT2D eigenvalue weighted by Gasteiger charge is 2.07. The van der Waals surface area contributed by atoms with Gasteiger partial charge in [-0.15, -0.1) is 0 Å². The normalized spacial score (nSPS) is 12.5. The molecule has 0 saturated heterocycles. The first-order valence-corrected chi connectivity index (χ1v) is 7.81. The molecular weight excluding hydrogens is 320 g/mol. The van der Waals surface area contributed by atoms with Crippen molar-refractivity contribution in [3.8, 4) is 0 Å². The fourth-order valence-corrected chi connectivity index (χ4v) is 3.32. The van der Waals surface area contributed by atoms with E-state index in [9.17, 15) is 5.11 Å². The lowest BCUT2D eigenvalue weighted by molar-refractivity contribution is 0.199. The molecule has 2 aromatic carbocycles. The van der Waals surface area contributed by atoms with Crippen molar-refractivity contribution in [2.75, 3.05) is 0 Å². The number of benzene rings is 2. The van der Waals surface area contributed by atoms with E-state index < -0.39 is 6.10 Å². The summed E-state index contributed by atoms with van der Waals surface area (Å²) in [5.41, 5.74) is 3.55. The largest absolute Gasteiger partial charge is 0.389 e. The van der Waals surface area contributed by atoms with E-state index in [2.05, 4.69) is 48.0 Å². The maximum absolute atomic E-state index is 9.57. The minimum Gasteiger partial charge on any atom is -0.389 e. The third-order valence-electron chi connectivity index (χ3n) is 3.14. The predicted molar refractivity (Wildman–Crippen MR) is 84.8 cm³/mol. The molecule has 0 bridgehead atoms. The van der Waals surface area contributed by atoms with Crippen LogP contribution in [-0.4, -0.2) is 5.11 Å². The lowest BCUT2D eigenvalue weighted by Crippen LogP contribution is -1.91. The molecular formula is C16H17BrOS. The zero-order valence-corrected chi connectivity index (χ0v) is 13.7. The van der Waals surface area contributed by atoms with Crippen molar-refractivity contribution in [1.82, 2.24) is 0 Å². The molecule has 0 fully saturated rings. The van der Waals surface area contributed by atoms with Crippen molar-refractivity contribution in [3.05, 3.63) is 57.6 Å². The lowest BCUT2D eigenvalue weighted by atomic mass is 10.1. The topological polar surface area (TPSA) is 20.2 Å². The highest BCUT2D eigenvalue weighted by Crippen LogP contribution is 2.35. The van der Waals surface area contributed by atoms with E-state index in [1.807, 2.05) is 18.2 Å². The second-order valence-corrected chi connectivity index (χ2v) is 6.68. The van der Waals surface area contributed by atoms with Gasteiger partial charge in [0.05, 0.1) is 6.10 Å². The van der Waals surface area contributed by atoms with E-state index >= 15 is 0 Å². The van der Waals surface area contributed by atoms with E-state index in [1.165, 1.54) is 16.0 Å². The fourth-order valence-electron chi connectivity index (χ4n) is 1.76. The van der Waals surface area contributed by atoms with Crippen LogP contribution in [0.1, 0.15) is 29.7 Å². The van der Waals surface area contributed by atoms with Gasteiger partial charge in [0.25, 0.3) is 0 Å². The van der Waals surface area contributed by atoms with Crippen LogP contribution >= 0.6 is 27.7 Å². The van der Waals surface area contributed by atoms with E-state index in [0.29, 0.717) is 0 Å². The summed E-state index contributed by atoms with van der Waals surface area (Å²) in [5, 5.41) is 9.57. The Morgan fingerprint density at radius 2 is 1.79 bits per heavy atom. The van der Waals surface area contributed by atoms with E-state index in [-0.39, 0.29) is 0 Å². The number of hydrogen-bond acceptors (Lipinski definition) is 2. The minimum absolute atomic E-state index is 0.433. The number of halogens is 1. The summed E-state index contributed by atoms with van der Waals surface area (Å²) in [4.78, 5) is 2.39. The van der Waals surface area contributed by atoms with Crippen molar-refractivity contribution < 1.29 is 5.11 Å². The van der Waals surface area contributed by atoms with Crippen molar-refractivity contribution >= 4 is 27.7 Å². The maximum Gasteiger partial charge on any atom is 0.0762 e. The molecule has 1 N–H and O–H groups in total. The van der Waals surface area contributed by atoms with Crippen LogP contribution in [0.4, 0.5) is 0 Å². The van der Waals surface area contributed by atoms with Crippen LogP contribution in [0.2, 0.25) is 0 Å². The number of aliphatic hydroxyl groups is 1. The van der Waals surface area contributed by atoms with Gasteiger partial charge in [-0.25, -0.2) is 0 Å². The lowest BCUT2D eigenvalue weighted by Gasteiger charge is -2.10. The molecule has 0 radical (unpaired) electrons. The second kappa shape index (κ2) is 6.12. The summed E-state index contributed by atoms with van der Waals surface area (Å²) < 4.78 is 1.02. The average Bonchev–Trinajstić information content (AvgIpc) is 2.36. The molecule has 0 aliphatic carbocycles. The molecule has 19 heavy (non-hydrogen) atoms. The Morgan fingerprint density at radius 3 is 2.37 bits per heavy atom. The van der Waals surface area contributed by atoms with E-state index in [0.717, 1.165) is 14.9 Å². The van der Waals surface area contributed by atoms with Crippen LogP contribution in [0.25, 0.3) is 0 Å². The van der Waals surface area contributed by atoms with Crippen LogP contribution in [0.15, 0.2) is 50.7 Å². The van der Waals surface area contributed by atoms with Crippen LogP contribution in [-0.2, 0) is 0 Å². The molecule has 3 heteroatoms. The molecule has 2 aromatic rings. The van der Waals surface area contributed by atoms with Gasteiger partial charge >= 0.3 is 0 Å². The first kappa shape index (κ1) is 14.6. The number of aryl methyl sites for hydroxylation is 2. The number of rotatable bonds is 3. The first-order chi connectivity index (χ1) is 8.97. The van der Waals surface area contributed by atoms with Gasteiger partial charge in [-0.2, -0.15) is 0 Å². The minimum atomic E-state index is -0.433. The van der Waals surface area contributed by atoms with Gasteiger partial charge in [-0.1, -0.05) is 23.9 Å². The van der Waals surface area contributed by atoms with Crippen molar-refractivity contribution in [2.45, 2.75) is 36.7 Å². The van der Waals surface area contributed by atoms with Crippen LogP contribution in [0.5, 0.6) is 0 Å². The maximum atomic E-state index is 9.57. The van der Waals surface area contributed by atoms with E-state index in [4.69, 9.17) is 0 Å². The molecule has 0 aromatic heterocycles. The van der Waals surface area contributed by atoms with Gasteiger partial charge in [0.15, 0.2) is 0 Å². The molecule has 0 unspecified atom stereocenters. The third-order valence-corrected chi connectivity index (χ3v) is 5.13. The van der Waals surface area contributed by atoms with Crippen LogP contribution in [0, 0.1) is 13.8 Å². The summed E-state index contributed by atoms with van der Waals surface area (Å²) in [6.07, 6.45) is -0.433.